The number of ether oxygens (including phenoxy) is 2. The van der Waals surface area contributed by atoms with E-state index < -0.39 is 0 Å². The van der Waals surface area contributed by atoms with Crippen molar-refractivity contribution in [1.82, 2.24) is 9.97 Å². The van der Waals surface area contributed by atoms with Crippen molar-refractivity contribution >= 4 is 17.5 Å². The van der Waals surface area contributed by atoms with E-state index in [2.05, 4.69) is 45.2 Å². The minimum absolute atomic E-state index is 0.182. The molecule has 2 aromatic carbocycles. The number of methoxy groups -OCH3 is 2. The Morgan fingerprint density at radius 3 is 2.57 bits per heavy atom. The smallest absolute Gasteiger partial charge is 0.221 e. The molecule has 0 spiro atoms. The second-order valence-corrected chi connectivity index (χ2v) is 9.65. The Hall–Kier alpha value is -3.48. The molecule has 1 saturated carbocycles. The molecule has 35 heavy (non-hydrogen) atoms. The molecule has 1 fully saturated rings. The van der Waals surface area contributed by atoms with Crippen LogP contribution in [0.15, 0.2) is 42.6 Å². The fraction of sp³-hybridized carbons (Fsp3) is 0.429. The Morgan fingerprint density at radius 1 is 1.03 bits per heavy atom. The second-order valence-electron chi connectivity index (χ2n) is 9.65. The molecule has 0 saturated heterocycles. The van der Waals surface area contributed by atoms with Gasteiger partial charge in [-0.25, -0.2) is 4.98 Å². The highest BCUT2D eigenvalue weighted by Gasteiger charge is 2.36. The third-order valence-electron chi connectivity index (χ3n) is 7.57. The second kappa shape index (κ2) is 10.0. The van der Waals surface area contributed by atoms with E-state index in [4.69, 9.17) is 20.9 Å². The summed E-state index contributed by atoms with van der Waals surface area (Å²) in [6.45, 7) is 0.939. The summed E-state index contributed by atoms with van der Waals surface area (Å²) in [4.78, 5) is 10.8. The summed E-state index contributed by atoms with van der Waals surface area (Å²) in [6.07, 6.45) is 9.74. The van der Waals surface area contributed by atoms with Crippen molar-refractivity contribution in [2.24, 2.45) is 5.92 Å². The zero-order valence-corrected chi connectivity index (χ0v) is 20.7. The summed E-state index contributed by atoms with van der Waals surface area (Å²) in [7, 11) is 3.41. The number of hydrogen-bond donors (Lipinski definition) is 2. The maximum atomic E-state index is 6.15. The number of aromatic nitrogens is 2. The molecule has 0 bridgehead atoms. The normalized spacial score (nSPS) is 18.2. The van der Waals surface area contributed by atoms with Crippen molar-refractivity contribution in [3.8, 4) is 11.5 Å². The summed E-state index contributed by atoms with van der Waals surface area (Å²) >= 11 is 0. The van der Waals surface area contributed by atoms with Crippen LogP contribution in [0.4, 0.5) is 17.5 Å². The molecular formula is C28H35N5O2. The van der Waals surface area contributed by atoms with Gasteiger partial charge in [0.25, 0.3) is 0 Å². The number of anilines is 3. The SMILES string of the molecule is COc1cc(Cc2cnc(N)nc2N)cc(N2CCc3ccccc3C2C2CCCCC2)c1OC. The van der Waals surface area contributed by atoms with Crippen LogP contribution in [0.1, 0.15) is 60.4 Å². The van der Waals surface area contributed by atoms with Gasteiger partial charge in [0.1, 0.15) is 5.82 Å². The molecule has 5 rings (SSSR count). The summed E-state index contributed by atoms with van der Waals surface area (Å²) < 4.78 is 11.8. The quantitative estimate of drug-likeness (QED) is 0.523. The van der Waals surface area contributed by atoms with Gasteiger partial charge in [0.2, 0.25) is 5.95 Å². The van der Waals surface area contributed by atoms with Gasteiger partial charge in [-0.2, -0.15) is 4.98 Å². The predicted molar refractivity (Wildman–Crippen MR) is 140 cm³/mol. The topological polar surface area (TPSA) is 99.5 Å². The Kier molecular flexibility index (Phi) is 6.66. The first kappa shape index (κ1) is 23.3. The number of rotatable bonds is 6. The van der Waals surface area contributed by atoms with E-state index in [1.54, 1.807) is 20.4 Å². The van der Waals surface area contributed by atoms with Crippen LogP contribution in [-0.4, -0.2) is 30.7 Å². The molecule has 3 aromatic rings. The number of nitrogen functional groups attached to an aromatic ring is 2. The fourth-order valence-electron chi connectivity index (χ4n) is 5.93. The van der Waals surface area contributed by atoms with E-state index in [0.29, 0.717) is 24.2 Å². The van der Waals surface area contributed by atoms with Gasteiger partial charge < -0.3 is 25.8 Å². The lowest BCUT2D eigenvalue weighted by molar-refractivity contribution is 0.287. The molecule has 7 nitrogen and oxygen atoms in total. The highest BCUT2D eigenvalue weighted by Crippen LogP contribution is 2.48. The Labute approximate surface area is 207 Å². The lowest BCUT2D eigenvalue weighted by Gasteiger charge is -2.45. The van der Waals surface area contributed by atoms with Crippen molar-refractivity contribution < 1.29 is 9.47 Å². The number of fused-ring (bicyclic) bond motifs is 1. The first-order valence-electron chi connectivity index (χ1n) is 12.5. The lowest BCUT2D eigenvalue weighted by Crippen LogP contribution is -2.40. The minimum Gasteiger partial charge on any atom is -0.493 e. The van der Waals surface area contributed by atoms with Crippen LogP contribution in [-0.2, 0) is 12.8 Å². The van der Waals surface area contributed by atoms with Gasteiger partial charge in [-0.15, -0.1) is 0 Å². The van der Waals surface area contributed by atoms with Crippen molar-refractivity contribution in [3.63, 3.8) is 0 Å². The minimum atomic E-state index is 0.182. The highest BCUT2D eigenvalue weighted by molar-refractivity contribution is 5.69. The van der Waals surface area contributed by atoms with Crippen LogP contribution in [0.25, 0.3) is 0 Å². The van der Waals surface area contributed by atoms with Crippen LogP contribution in [0, 0.1) is 5.92 Å². The van der Waals surface area contributed by atoms with E-state index in [1.165, 1.54) is 43.2 Å². The van der Waals surface area contributed by atoms with E-state index in [-0.39, 0.29) is 5.95 Å². The van der Waals surface area contributed by atoms with Gasteiger partial charge in [0.15, 0.2) is 11.5 Å². The number of benzene rings is 2. The first-order valence-corrected chi connectivity index (χ1v) is 12.5. The van der Waals surface area contributed by atoms with Crippen LogP contribution in [0.2, 0.25) is 0 Å². The number of nitrogens with zero attached hydrogens (tertiary/aromatic N) is 3. The molecule has 1 aliphatic heterocycles. The first-order chi connectivity index (χ1) is 17.1. The molecule has 2 heterocycles. The molecular weight excluding hydrogens is 438 g/mol. The maximum absolute atomic E-state index is 6.15. The molecule has 1 aliphatic carbocycles. The highest BCUT2D eigenvalue weighted by atomic mass is 16.5. The van der Waals surface area contributed by atoms with E-state index in [9.17, 15) is 0 Å². The lowest BCUT2D eigenvalue weighted by atomic mass is 9.77. The van der Waals surface area contributed by atoms with Gasteiger partial charge >= 0.3 is 0 Å². The molecule has 0 radical (unpaired) electrons. The molecule has 1 unspecified atom stereocenters. The zero-order chi connectivity index (χ0) is 24.4. The third kappa shape index (κ3) is 4.59. The summed E-state index contributed by atoms with van der Waals surface area (Å²) in [5, 5.41) is 0. The maximum Gasteiger partial charge on any atom is 0.221 e. The van der Waals surface area contributed by atoms with Gasteiger partial charge in [-0.3, -0.25) is 0 Å². The van der Waals surface area contributed by atoms with Gasteiger partial charge in [-0.1, -0.05) is 43.5 Å². The van der Waals surface area contributed by atoms with Crippen molar-refractivity contribution in [3.05, 3.63) is 64.8 Å². The Balaban J connectivity index is 1.60. The van der Waals surface area contributed by atoms with Crippen molar-refractivity contribution in [2.45, 2.75) is 51.0 Å². The summed E-state index contributed by atoms with van der Waals surface area (Å²) in [5.41, 5.74) is 17.8. The summed E-state index contributed by atoms with van der Waals surface area (Å²) in [5.74, 6) is 2.70. The van der Waals surface area contributed by atoms with Crippen LogP contribution in [0.3, 0.4) is 0 Å². The molecule has 0 amide bonds. The predicted octanol–water partition coefficient (Wildman–Crippen LogP) is 4.93. The van der Waals surface area contributed by atoms with Gasteiger partial charge in [0, 0.05) is 24.7 Å². The summed E-state index contributed by atoms with van der Waals surface area (Å²) in [6, 6.07) is 13.5. The van der Waals surface area contributed by atoms with E-state index in [0.717, 1.165) is 41.3 Å². The molecule has 1 atom stereocenters. The number of nitrogens with two attached hydrogens (primary N) is 2. The third-order valence-corrected chi connectivity index (χ3v) is 7.57. The molecule has 2 aliphatic rings. The van der Waals surface area contributed by atoms with Gasteiger partial charge in [0.05, 0.1) is 25.9 Å². The van der Waals surface area contributed by atoms with Crippen LogP contribution >= 0.6 is 0 Å². The van der Waals surface area contributed by atoms with Crippen LogP contribution in [0.5, 0.6) is 11.5 Å². The van der Waals surface area contributed by atoms with E-state index in [1.807, 2.05) is 6.07 Å². The molecule has 1 aromatic heterocycles. The van der Waals surface area contributed by atoms with Crippen molar-refractivity contribution in [1.29, 1.82) is 0 Å². The molecule has 184 valence electrons. The average Bonchev–Trinajstić information content (AvgIpc) is 2.89. The fourth-order valence-corrected chi connectivity index (χ4v) is 5.93. The largest absolute Gasteiger partial charge is 0.493 e. The van der Waals surface area contributed by atoms with Crippen LogP contribution < -0.4 is 25.8 Å². The molecule has 7 heteroatoms. The number of hydrogen-bond acceptors (Lipinski definition) is 7. The Morgan fingerprint density at radius 2 is 1.83 bits per heavy atom. The average molecular weight is 474 g/mol. The molecule has 4 N–H and O–H groups in total. The van der Waals surface area contributed by atoms with Gasteiger partial charge in [-0.05, 0) is 54.0 Å². The Bertz CT molecular complexity index is 1190. The monoisotopic (exact) mass is 473 g/mol. The van der Waals surface area contributed by atoms with Crippen molar-refractivity contribution in [2.75, 3.05) is 37.1 Å². The zero-order valence-electron chi connectivity index (χ0n) is 20.7. The standard InChI is InChI=1S/C28H35N5O2/c1-34-24-16-18(14-21-17-31-28(30)32-27(21)29)15-23(26(24)35-2)33-13-12-19-8-6-7-11-22(19)25(33)20-9-4-3-5-10-20/h6-8,11,15-17,20,25H,3-5,9-10,12-14H2,1-2H3,(H4,29,30,31,32). The van der Waals surface area contributed by atoms with E-state index >= 15 is 0 Å².